The molecule has 1 saturated carbocycles. The van der Waals surface area contributed by atoms with Gasteiger partial charge >= 0.3 is 6.18 Å². The number of aromatic nitrogens is 2. The van der Waals surface area contributed by atoms with E-state index in [1.54, 1.807) is 0 Å². The molecule has 2 amide bonds. The first kappa shape index (κ1) is 25.0. The lowest BCUT2D eigenvalue weighted by Gasteiger charge is -2.33. The molecule has 1 aliphatic heterocycles. The van der Waals surface area contributed by atoms with Gasteiger partial charge in [-0.2, -0.15) is 18.2 Å². The Morgan fingerprint density at radius 3 is 2.61 bits per heavy atom. The quantitative estimate of drug-likeness (QED) is 0.298. The van der Waals surface area contributed by atoms with E-state index in [0.29, 0.717) is 17.2 Å². The van der Waals surface area contributed by atoms with Gasteiger partial charge < -0.3 is 9.64 Å². The fraction of sp³-hybridized carbons (Fsp3) is 0.700. The molecule has 1 saturated heterocycles. The molecule has 0 bridgehead atoms. The van der Waals surface area contributed by atoms with Crippen molar-refractivity contribution in [2.24, 2.45) is 17.8 Å². The molecule has 1 aromatic heterocycles. The predicted molar refractivity (Wildman–Crippen MR) is 111 cm³/mol. The van der Waals surface area contributed by atoms with Gasteiger partial charge in [-0.25, -0.2) is 10.0 Å². The van der Waals surface area contributed by atoms with Gasteiger partial charge in [0.15, 0.2) is 0 Å². The summed E-state index contributed by atoms with van der Waals surface area (Å²) in [7, 11) is 0. The molecule has 1 atom stereocenters. The van der Waals surface area contributed by atoms with Crippen LogP contribution in [0.25, 0.3) is 0 Å². The third kappa shape index (κ3) is 6.67. The number of hydrogen-bond donors (Lipinski definition) is 3. The summed E-state index contributed by atoms with van der Waals surface area (Å²) in [5.74, 6) is -1.21. The highest BCUT2D eigenvalue weighted by molar-refractivity contribution is 5.80. The Kier molecular flexibility index (Phi) is 8.30. The van der Waals surface area contributed by atoms with E-state index in [0.717, 1.165) is 25.7 Å². The van der Waals surface area contributed by atoms with Gasteiger partial charge in [0.05, 0.1) is 25.7 Å². The van der Waals surface area contributed by atoms with Crippen molar-refractivity contribution < 1.29 is 32.7 Å². The molecular weight excluding hydrogens is 445 g/mol. The number of halogens is 3. The average molecular weight is 474 g/mol. The Morgan fingerprint density at radius 2 is 2.00 bits per heavy atom. The van der Waals surface area contributed by atoms with Crippen LogP contribution in [0, 0.1) is 17.8 Å². The van der Waals surface area contributed by atoms with Crippen LogP contribution >= 0.6 is 0 Å². The molecule has 33 heavy (non-hydrogen) atoms. The number of ether oxygens (including phenoxy) is 1. The first-order chi connectivity index (χ1) is 15.7. The minimum Gasteiger partial charge on any atom is -0.378 e. The van der Waals surface area contributed by atoms with Crippen molar-refractivity contribution in [3.05, 3.63) is 11.8 Å². The number of nitrogens with one attached hydrogen (secondary N) is 2. The van der Waals surface area contributed by atoms with Crippen LogP contribution in [0.15, 0.2) is 6.20 Å². The maximum absolute atomic E-state index is 13.5. The lowest BCUT2D eigenvalue weighted by atomic mass is 9.76. The molecule has 0 aromatic carbocycles. The molecular formula is C20H29F3N6O4. The monoisotopic (exact) mass is 474 g/mol. The predicted octanol–water partition coefficient (Wildman–Crippen LogP) is 2.07. The Morgan fingerprint density at radius 1 is 1.33 bits per heavy atom. The molecule has 0 unspecified atom stereocenters. The van der Waals surface area contributed by atoms with E-state index >= 15 is 0 Å². The Bertz CT molecular complexity index is 813. The smallest absolute Gasteiger partial charge is 0.378 e. The topological polar surface area (TPSA) is 120 Å². The standard InChI is InChI=1S/C20H29F3N6O4/c1-13-2-4-14(5-3-13)15(11-29(32)12-30)18(31)26-27-19-24-10-16(20(21,22)23)17(25-19)28-6-8-33-9-7-28/h10,12-15,32H,2-9,11H2,1H3,(H,26,31)(H,24,25,27)/t13?,14?,15-/m0/s1. The highest BCUT2D eigenvalue weighted by Gasteiger charge is 2.37. The number of nitrogens with zero attached hydrogens (tertiary/aromatic N) is 4. The number of anilines is 2. The van der Waals surface area contributed by atoms with Crippen LogP contribution in [0.4, 0.5) is 24.9 Å². The lowest BCUT2D eigenvalue weighted by molar-refractivity contribution is -0.156. The summed E-state index contributed by atoms with van der Waals surface area (Å²) >= 11 is 0. The van der Waals surface area contributed by atoms with Gasteiger partial charge in [-0.05, 0) is 24.7 Å². The fourth-order valence-corrected chi connectivity index (χ4v) is 4.24. The molecule has 3 rings (SSSR count). The Balaban J connectivity index is 1.73. The first-order valence-electron chi connectivity index (χ1n) is 10.9. The molecule has 2 aliphatic rings. The number of carbonyl (C=O) groups is 2. The minimum atomic E-state index is -4.64. The number of rotatable bonds is 8. The molecule has 10 nitrogen and oxygen atoms in total. The van der Waals surface area contributed by atoms with Crippen molar-refractivity contribution >= 4 is 24.1 Å². The van der Waals surface area contributed by atoms with Crippen molar-refractivity contribution in [3.63, 3.8) is 0 Å². The van der Waals surface area contributed by atoms with Gasteiger partial charge in [0.2, 0.25) is 18.3 Å². The van der Waals surface area contributed by atoms with Crippen LogP contribution in [0.1, 0.15) is 38.2 Å². The number of alkyl halides is 3. The van der Waals surface area contributed by atoms with Crippen molar-refractivity contribution in [3.8, 4) is 0 Å². The first-order valence-corrected chi connectivity index (χ1v) is 10.9. The van der Waals surface area contributed by atoms with Crippen LogP contribution in [-0.2, 0) is 20.5 Å². The van der Waals surface area contributed by atoms with E-state index in [2.05, 4.69) is 27.7 Å². The fourth-order valence-electron chi connectivity index (χ4n) is 4.24. The minimum absolute atomic E-state index is 0.0463. The molecule has 0 radical (unpaired) electrons. The summed E-state index contributed by atoms with van der Waals surface area (Å²) in [5.41, 5.74) is 3.95. The number of hydrogen-bond acceptors (Lipinski definition) is 8. The molecule has 2 fully saturated rings. The van der Waals surface area contributed by atoms with Gasteiger partial charge in [-0.1, -0.05) is 19.8 Å². The molecule has 13 heteroatoms. The van der Waals surface area contributed by atoms with Gasteiger partial charge in [0, 0.05) is 19.3 Å². The lowest BCUT2D eigenvalue weighted by Crippen LogP contribution is -2.44. The number of amides is 2. The van der Waals surface area contributed by atoms with Crippen LogP contribution in [0.5, 0.6) is 0 Å². The van der Waals surface area contributed by atoms with E-state index < -0.39 is 23.6 Å². The molecule has 1 aromatic rings. The number of morpholine rings is 1. The van der Waals surface area contributed by atoms with Crippen LogP contribution in [0.2, 0.25) is 0 Å². The summed E-state index contributed by atoms with van der Waals surface area (Å²) in [6, 6.07) is 0. The third-order valence-electron chi connectivity index (χ3n) is 6.15. The number of hydroxylamine groups is 2. The van der Waals surface area contributed by atoms with Crippen LogP contribution in [-0.4, -0.2) is 65.4 Å². The van der Waals surface area contributed by atoms with E-state index in [9.17, 15) is 28.0 Å². The van der Waals surface area contributed by atoms with Crippen molar-refractivity contribution in [1.29, 1.82) is 0 Å². The maximum atomic E-state index is 13.5. The molecule has 0 spiro atoms. The summed E-state index contributed by atoms with van der Waals surface area (Å²) in [4.78, 5) is 32.9. The van der Waals surface area contributed by atoms with Gasteiger partial charge in [-0.15, -0.1) is 0 Å². The zero-order valence-corrected chi connectivity index (χ0v) is 18.3. The zero-order valence-electron chi connectivity index (χ0n) is 18.3. The summed E-state index contributed by atoms with van der Waals surface area (Å²) in [6.07, 6.45) is -0.342. The highest BCUT2D eigenvalue weighted by Crippen LogP contribution is 2.36. The van der Waals surface area contributed by atoms with Gasteiger partial charge in [0.1, 0.15) is 11.4 Å². The molecule has 2 heterocycles. The second-order valence-electron chi connectivity index (χ2n) is 8.50. The summed E-state index contributed by atoms with van der Waals surface area (Å²) in [5, 5.41) is 10.1. The van der Waals surface area contributed by atoms with Crippen molar-refractivity contribution in [2.75, 3.05) is 43.2 Å². The van der Waals surface area contributed by atoms with E-state index in [1.807, 2.05) is 0 Å². The molecule has 1 aliphatic carbocycles. The second kappa shape index (κ2) is 11.0. The normalized spacial score (nSPS) is 22.4. The third-order valence-corrected chi connectivity index (χ3v) is 6.15. The Hall–Kier alpha value is -2.67. The van der Waals surface area contributed by atoms with E-state index in [1.165, 1.54) is 4.90 Å². The number of hydrazine groups is 1. The SMILES string of the molecule is CC1CCC([C@H](CN(O)C=O)C(=O)NNc2ncc(C(F)(F)F)c(N3CCOCC3)n2)CC1. The van der Waals surface area contributed by atoms with Gasteiger partial charge in [0.25, 0.3) is 0 Å². The van der Waals surface area contributed by atoms with Crippen molar-refractivity contribution in [2.45, 2.75) is 38.8 Å². The van der Waals surface area contributed by atoms with E-state index in [4.69, 9.17) is 4.74 Å². The highest BCUT2D eigenvalue weighted by atomic mass is 19.4. The zero-order chi connectivity index (χ0) is 24.0. The average Bonchev–Trinajstić information content (AvgIpc) is 2.81. The Labute approximate surface area is 189 Å². The van der Waals surface area contributed by atoms with Crippen molar-refractivity contribution in [1.82, 2.24) is 20.5 Å². The van der Waals surface area contributed by atoms with Gasteiger partial charge in [-0.3, -0.25) is 25.6 Å². The van der Waals surface area contributed by atoms with Crippen LogP contribution in [0.3, 0.4) is 0 Å². The summed E-state index contributed by atoms with van der Waals surface area (Å²) in [6.45, 7) is 2.97. The largest absolute Gasteiger partial charge is 0.421 e. The molecule has 184 valence electrons. The summed E-state index contributed by atoms with van der Waals surface area (Å²) < 4.78 is 45.6. The maximum Gasteiger partial charge on any atom is 0.421 e. The van der Waals surface area contributed by atoms with E-state index in [-0.39, 0.29) is 56.9 Å². The number of carbonyl (C=O) groups excluding carboxylic acids is 2. The molecule has 3 N–H and O–H groups in total. The second-order valence-corrected chi connectivity index (χ2v) is 8.50. The van der Waals surface area contributed by atoms with Crippen LogP contribution < -0.4 is 15.8 Å².